The van der Waals surface area contributed by atoms with Gasteiger partial charge in [0.15, 0.2) is 0 Å². The summed E-state index contributed by atoms with van der Waals surface area (Å²) in [5.74, 6) is 0. The molecule has 2 heteroatoms. The third-order valence-electron chi connectivity index (χ3n) is 1.41. The number of carbonyl (C=O) groups excluding carboxylic acids is 1. The summed E-state index contributed by atoms with van der Waals surface area (Å²) in [5.41, 5.74) is 1.19. The number of aliphatic hydroxyl groups is 1. The van der Waals surface area contributed by atoms with Gasteiger partial charge < -0.3 is 9.90 Å². The lowest BCUT2D eigenvalue weighted by molar-refractivity contribution is -0.107. The van der Waals surface area contributed by atoms with E-state index in [1.165, 1.54) is 5.56 Å². The lowest BCUT2D eigenvalue weighted by atomic mass is 10.2. The molecule has 72 valence electrons. The Kier molecular flexibility index (Phi) is 8.15. The monoisotopic (exact) mass is 180 g/mol. The molecule has 0 saturated carbocycles. The van der Waals surface area contributed by atoms with Crippen LogP contribution in [0.5, 0.6) is 0 Å². The van der Waals surface area contributed by atoms with Crippen LogP contribution < -0.4 is 0 Å². The predicted molar refractivity (Wildman–Crippen MR) is 53.6 cm³/mol. The number of rotatable bonds is 3. The maximum atomic E-state index is 9.17. The number of carbonyl (C=O) groups is 1. The van der Waals surface area contributed by atoms with Gasteiger partial charge in [0, 0.05) is 13.0 Å². The Balaban J connectivity index is 0.000000310. The fourth-order valence-corrected chi connectivity index (χ4v) is 0.774. The maximum Gasteiger partial charge on any atom is 0.119 e. The van der Waals surface area contributed by atoms with E-state index in [9.17, 15) is 4.79 Å². The molecule has 13 heavy (non-hydrogen) atoms. The molecular weight excluding hydrogens is 164 g/mol. The normalized spacial score (nSPS) is 8.46. The number of hydrogen-bond donors (Lipinski definition) is 1. The van der Waals surface area contributed by atoms with Gasteiger partial charge in [-0.05, 0) is 12.0 Å². The second-order valence-electron chi connectivity index (χ2n) is 2.53. The third kappa shape index (κ3) is 7.22. The molecule has 0 fully saturated rings. The van der Waals surface area contributed by atoms with Gasteiger partial charge in [0.1, 0.15) is 6.29 Å². The average Bonchev–Trinajstić information content (AvgIpc) is 2.20. The molecule has 0 aliphatic carbocycles. The van der Waals surface area contributed by atoms with Crippen LogP contribution in [-0.2, 0) is 11.2 Å². The van der Waals surface area contributed by atoms with Gasteiger partial charge in [-0.25, -0.2) is 0 Å². The lowest BCUT2D eigenvalue weighted by Crippen LogP contribution is -1.88. The van der Waals surface area contributed by atoms with Crippen molar-refractivity contribution in [3.05, 3.63) is 35.9 Å². The average molecular weight is 180 g/mol. The van der Waals surface area contributed by atoms with Crippen LogP contribution in [0.3, 0.4) is 0 Å². The minimum absolute atomic E-state index is 0.240. The van der Waals surface area contributed by atoms with Crippen molar-refractivity contribution in [2.45, 2.75) is 19.8 Å². The lowest BCUT2D eigenvalue weighted by Gasteiger charge is -1.93. The number of benzene rings is 1. The van der Waals surface area contributed by atoms with Crippen molar-refractivity contribution in [3.8, 4) is 0 Å². The molecule has 0 amide bonds. The van der Waals surface area contributed by atoms with E-state index in [-0.39, 0.29) is 6.61 Å². The van der Waals surface area contributed by atoms with Crippen molar-refractivity contribution < 1.29 is 9.90 Å². The molecular formula is C11H16O2. The SMILES string of the molecule is CCC=O.OCCc1ccccc1. The Labute approximate surface area is 79.2 Å². The van der Waals surface area contributed by atoms with E-state index in [1.807, 2.05) is 37.3 Å². The number of aliphatic hydroxyl groups excluding tert-OH is 1. The van der Waals surface area contributed by atoms with Crippen LogP contribution in [0.4, 0.5) is 0 Å². The summed E-state index contributed by atoms with van der Waals surface area (Å²) in [4.78, 5) is 9.17. The number of aldehydes is 1. The molecule has 0 aromatic heterocycles. The van der Waals surface area contributed by atoms with Crippen LogP contribution in [0.25, 0.3) is 0 Å². The van der Waals surface area contributed by atoms with E-state index in [0.29, 0.717) is 6.42 Å². The summed E-state index contributed by atoms with van der Waals surface area (Å²) in [5, 5.41) is 8.52. The Morgan fingerprint density at radius 1 is 1.31 bits per heavy atom. The molecule has 0 aliphatic heterocycles. The maximum absolute atomic E-state index is 9.17. The first-order chi connectivity index (χ1) is 6.35. The highest BCUT2D eigenvalue weighted by Crippen LogP contribution is 1.97. The van der Waals surface area contributed by atoms with Gasteiger partial charge in [0.25, 0.3) is 0 Å². The summed E-state index contributed by atoms with van der Waals surface area (Å²) in [7, 11) is 0. The van der Waals surface area contributed by atoms with Gasteiger partial charge in [-0.1, -0.05) is 37.3 Å². The molecule has 0 saturated heterocycles. The van der Waals surface area contributed by atoms with Gasteiger partial charge in [0.2, 0.25) is 0 Å². The van der Waals surface area contributed by atoms with Crippen molar-refractivity contribution in [1.82, 2.24) is 0 Å². The molecule has 0 atom stereocenters. The quantitative estimate of drug-likeness (QED) is 0.720. The molecule has 1 aromatic carbocycles. The summed E-state index contributed by atoms with van der Waals surface area (Å²) < 4.78 is 0. The molecule has 0 radical (unpaired) electrons. The highest BCUT2D eigenvalue weighted by Gasteiger charge is 1.85. The van der Waals surface area contributed by atoms with Gasteiger partial charge in [-0.15, -0.1) is 0 Å². The first-order valence-corrected chi connectivity index (χ1v) is 4.43. The van der Waals surface area contributed by atoms with Crippen molar-refractivity contribution in [1.29, 1.82) is 0 Å². The second kappa shape index (κ2) is 8.94. The van der Waals surface area contributed by atoms with Gasteiger partial charge >= 0.3 is 0 Å². The Bertz CT molecular complexity index is 207. The Morgan fingerprint density at radius 3 is 2.23 bits per heavy atom. The molecule has 0 spiro atoms. The van der Waals surface area contributed by atoms with E-state index < -0.39 is 0 Å². The van der Waals surface area contributed by atoms with Gasteiger partial charge in [-0.3, -0.25) is 0 Å². The molecule has 0 heterocycles. The second-order valence-corrected chi connectivity index (χ2v) is 2.53. The topological polar surface area (TPSA) is 37.3 Å². The first kappa shape index (κ1) is 11.8. The zero-order valence-electron chi connectivity index (χ0n) is 7.94. The first-order valence-electron chi connectivity index (χ1n) is 4.43. The van der Waals surface area contributed by atoms with Crippen molar-refractivity contribution in [3.63, 3.8) is 0 Å². The molecule has 1 rings (SSSR count). The zero-order chi connectivity index (χ0) is 9.94. The van der Waals surface area contributed by atoms with Gasteiger partial charge in [-0.2, -0.15) is 0 Å². The molecule has 0 unspecified atom stereocenters. The van der Waals surface area contributed by atoms with E-state index in [0.717, 1.165) is 12.7 Å². The molecule has 2 nitrogen and oxygen atoms in total. The molecule has 0 bridgehead atoms. The van der Waals surface area contributed by atoms with E-state index in [4.69, 9.17) is 5.11 Å². The van der Waals surface area contributed by atoms with Crippen LogP contribution in [0.2, 0.25) is 0 Å². The van der Waals surface area contributed by atoms with Crippen LogP contribution >= 0.6 is 0 Å². The van der Waals surface area contributed by atoms with Crippen LogP contribution in [0, 0.1) is 0 Å². The molecule has 0 aliphatic rings. The summed E-state index contributed by atoms with van der Waals surface area (Å²) in [6.45, 7) is 2.05. The summed E-state index contributed by atoms with van der Waals surface area (Å²) in [6.07, 6.45) is 2.28. The smallest absolute Gasteiger partial charge is 0.119 e. The minimum Gasteiger partial charge on any atom is -0.396 e. The standard InChI is InChI=1S/C8H10O.C3H6O/c9-7-6-8-4-2-1-3-5-8;1-2-3-4/h1-5,9H,6-7H2;3H,2H2,1H3. The predicted octanol–water partition coefficient (Wildman–Crippen LogP) is 1.82. The van der Waals surface area contributed by atoms with Crippen LogP contribution in [-0.4, -0.2) is 18.0 Å². The fraction of sp³-hybridized carbons (Fsp3) is 0.364. The highest BCUT2D eigenvalue weighted by molar-refractivity contribution is 5.48. The summed E-state index contributed by atoms with van der Waals surface area (Å²) in [6, 6.07) is 9.95. The minimum atomic E-state index is 0.240. The highest BCUT2D eigenvalue weighted by atomic mass is 16.2. The van der Waals surface area contributed by atoms with Crippen molar-refractivity contribution >= 4 is 6.29 Å². The summed E-state index contributed by atoms with van der Waals surface area (Å²) >= 11 is 0. The van der Waals surface area contributed by atoms with E-state index in [1.54, 1.807) is 0 Å². The Morgan fingerprint density at radius 2 is 1.85 bits per heavy atom. The van der Waals surface area contributed by atoms with Gasteiger partial charge in [0.05, 0.1) is 0 Å². The van der Waals surface area contributed by atoms with E-state index in [2.05, 4.69) is 0 Å². The largest absolute Gasteiger partial charge is 0.396 e. The number of hydrogen-bond acceptors (Lipinski definition) is 2. The van der Waals surface area contributed by atoms with Crippen molar-refractivity contribution in [2.75, 3.05) is 6.61 Å². The molecule has 1 N–H and O–H groups in total. The van der Waals surface area contributed by atoms with E-state index >= 15 is 0 Å². The van der Waals surface area contributed by atoms with Crippen LogP contribution in [0.15, 0.2) is 30.3 Å². The fourth-order valence-electron chi connectivity index (χ4n) is 0.774. The third-order valence-corrected chi connectivity index (χ3v) is 1.41. The van der Waals surface area contributed by atoms with Crippen molar-refractivity contribution in [2.24, 2.45) is 0 Å². The molecule has 1 aromatic rings. The zero-order valence-corrected chi connectivity index (χ0v) is 7.94. The Hall–Kier alpha value is -1.15. The van der Waals surface area contributed by atoms with Crippen LogP contribution in [0.1, 0.15) is 18.9 Å².